The second-order valence-corrected chi connectivity index (χ2v) is 9.18. The van der Waals surface area contributed by atoms with Crippen LogP contribution in [0.15, 0.2) is 64.2 Å². The molecular formula is C21H20ClF2N5O3S. The van der Waals surface area contributed by atoms with E-state index in [4.69, 9.17) is 11.6 Å². The molecule has 0 radical (unpaired) electrons. The molecule has 8 nitrogen and oxygen atoms in total. The van der Waals surface area contributed by atoms with Crippen molar-refractivity contribution < 1.29 is 22.0 Å². The third-order valence-electron chi connectivity index (χ3n) is 4.38. The van der Waals surface area contributed by atoms with Crippen LogP contribution in [0.4, 0.5) is 14.5 Å². The summed E-state index contributed by atoms with van der Waals surface area (Å²) in [6.07, 6.45) is 3.24. The number of carbonyl (C=O) groups is 1. The van der Waals surface area contributed by atoms with Crippen molar-refractivity contribution >= 4 is 39.6 Å². The summed E-state index contributed by atoms with van der Waals surface area (Å²) in [4.78, 5) is 13.6. The molecule has 0 aliphatic rings. The van der Waals surface area contributed by atoms with E-state index in [1.54, 1.807) is 38.4 Å². The van der Waals surface area contributed by atoms with E-state index >= 15 is 0 Å². The molecule has 0 unspecified atom stereocenters. The highest BCUT2D eigenvalue weighted by atomic mass is 35.5. The summed E-state index contributed by atoms with van der Waals surface area (Å²) in [6.45, 7) is -2.88. The number of rotatable bonds is 8. The fourth-order valence-electron chi connectivity index (χ4n) is 2.87. The van der Waals surface area contributed by atoms with Crippen LogP contribution < -0.4 is 5.32 Å². The zero-order valence-electron chi connectivity index (χ0n) is 17.6. The Labute approximate surface area is 194 Å². The van der Waals surface area contributed by atoms with Gasteiger partial charge in [0.25, 0.3) is 10.0 Å². The van der Waals surface area contributed by atoms with Crippen LogP contribution >= 0.6 is 11.6 Å². The monoisotopic (exact) mass is 495 g/mol. The van der Waals surface area contributed by atoms with Crippen LogP contribution in [0.1, 0.15) is 12.1 Å². The smallest absolute Gasteiger partial charge is 0.333 e. The summed E-state index contributed by atoms with van der Waals surface area (Å²) in [5.41, 5.74) is 1.07. The maximum absolute atomic E-state index is 13.0. The van der Waals surface area contributed by atoms with Gasteiger partial charge in [-0.1, -0.05) is 35.9 Å². The predicted octanol–water partition coefficient (Wildman–Crippen LogP) is 4.06. The number of anilines is 1. The zero-order chi connectivity index (χ0) is 24.2. The number of carbonyl (C=O) groups excluding carboxylic acids is 1. The number of nitrogens with one attached hydrogen (secondary N) is 1. The Morgan fingerprint density at radius 2 is 2.00 bits per heavy atom. The number of aromatic nitrogens is 2. The number of hydrogen-bond donors (Lipinski definition) is 1. The average Bonchev–Trinajstić information content (AvgIpc) is 3.24. The zero-order valence-corrected chi connectivity index (χ0v) is 19.2. The average molecular weight is 496 g/mol. The minimum atomic E-state index is -4.24. The van der Waals surface area contributed by atoms with Crippen molar-refractivity contribution in [2.75, 3.05) is 19.4 Å². The first-order valence-corrected chi connectivity index (χ1v) is 11.4. The van der Waals surface area contributed by atoms with Crippen LogP contribution in [-0.2, 0) is 21.2 Å². The highest BCUT2D eigenvalue weighted by Gasteiger charge is 2.22. The van der Waals surface area contributed by atoms with Crippen molar-refractivity contribution in [3.8, 4) is 11.1 Å². The van der Waals surface area contributed by atoms with Crippen LogP contribution in [-0.4, -0.2) is 49.4 Å². The Bertz CT molecular complexity index is 1290. The Morgan fingerprint density at radius 3 is 2.64 bits per heavy atom. The number of benzene rings is 2. The Morgan fingerprint density at radius 1 is 1.27 bits per heavy atom. The molecule has 174 valence electrons. The lowest BCUT2D eigenvalue weighted by atomic mass is 10.1. The van der Waals surface area contributed by atoms with E-state index < -0.39 is 22.5 Å². The van der Waals surface area contributed by atoms with Crippen LogP contribution in [0.5, 0.6) is 0 Å². The van der Waals surface area contributed by atoms with Crippen LogP contribution in [0, 0.1) is 0 Å². The summed E-state index contributed by atoms with van der Waals surface area (Å²) in [7, 11) is -1.05. The van der Waals surface area contributed by atoms with E-state index in [-0.39, 0.29) is 28.1 Å². The molecule has 12 heteroatoms. The Balaban J connectivity index is 1.98. The van der Waals surface area contributed by atoms with Gasteiger partial charge in [0, 0.05) is 42.1 Å². The number of amides is 1. The fraction of sp³-hybridized carbons (Fsp3) is 0.190. The van der Waals surface area contributed by atoms with Gasteiger partial charge in [-0.3, -0.25) is 4.79 Å². The summed E-state index contributed by atoms with van der Waals surface area (Å²) in [6, 6.07) is 10.9. The molecule has 1 aromatic heterocycles. The maximum Gasteiger partial charge on any atom is 0.333 e. The lowest BCUT2D eigenvalue weighted by molar-refractivity contribution is -0.115. The van der Waals surface area contributed by atoms with Gasteiger partial charge in [-0.15, -0.1) is 4.40 Å². The molecule has 1 heterocycles. The molecule has 3 rings (SSSR count). The van der Waals surface area contributed by atoms with Gasteiger partial charge < -0.3 is 10.2 Å². The second kappa shape index (κ2) is 10.1. The lowest BCUT2D eigenvalue weighted by Gasteiger charge is -2.12. The Hall–Kier alpha value is -3.31. The van der Waals surface area contributed by atoms with E-state index in [0.29, 0.717) is 15.3 Å². The molecular weight excluding hydrogens is 476 g/mol. The summed E-state index contributed by atoms with van der Waals surface area (Å²) < 4.78 is 55.8. The summed E-state index contributed by atoms with van der Waals surface area (Å²) in [5.74, 6) is -0.415. The molecule has 0 aliphatic heterocycles. The van der Waals surface area contributed by atoms with Crippen molar-refractivity contribution in [1.82, 2.24) is 14.7 Å². The molecule has 1 N–H and O–H groups in total. The number of halogens is 3. The number of sulfonamides is 1. The first kappa shape index (κ1) is 24.3. The molecule has 3 aromatic rings. The van der Waals surface area contributed by atoms with Gasteiger partial charge in [0.1, 0.15) is 6.34 Å². The fourth-order valence-corrected chi connectivity index (χ4v) is 4.24. The van der Waals surface area contributed by atoms with Crippen LogP contribution in [0.25, 0.3) is 11.1 Å². The highest BCUT2D eigenvalue weighted by molar-refractivity contribution is 7.90. The van der Waals surface area contributed by atoms with Crippen molar-refractivity contribution in [1.29, 1.82) is 0 Å². The lowest BCUT2D eigenvalue weighted by Crippen LogP contribution is -2.15. The summed E-state index contributed by atoms with van der Waals surface area (Å²) in [5, 5.41) is 6.62. The number of alkyl halides is 2. The highest BCUT2D eigenvalue weighted by Crippen LogP contribution is 2.32. The van der Waals surface area contributed by atoms with Crippen molar-refractivity contribution in [2.45, 2.75) is 17.9 Å². The van der Waals surface area contributed by atoms with E-state index in [0.717, 1.165) is 18.7 Å². The van der Waals surface area contributed by atoms with Gasteiger partial charge in [-0.05, 0) is 23.8 Å². The number of nitrogens with zero attached hydrogens (tertiary/aromatic N) is 4. The van der Waals surface area contributed by atoms with Gasteiger partial charge in [0.2, 0.25) is 5.91 Å². The quantitative estimate of drug-likeness (QED) is 0.375. The van der Waals surface area contributed by atoms with E-state index in [1.165, 1.54) is 23.1 Å². The van der Waals surface area contributed by atoms with E-state index in [9.17, 15) is 22.0 Å². The van der Waals surface area contributed by atoms with Gasteiger partial charge in [0.15, 0.2) is 0 Å². The second-order valence-electron chi connectivity index (χ2n) is 7.17. The minimum absolute atomic E-state index is 0.0244. The van der Waals surface area contributed by atoms with Gasteiger partial charge in [-0.25, -0.2) is 4.68 Å². The molecule has 0 fully saturated rings. The molecule has 1 amide bonds. The first-order valence-electron chi connectivity index (χ1n) is 9.53. The molecule has 0 aliphatic carbocycles. The van der Waals surface area contributed by atoms with Crippen molar-refractivity contribution in [3.05, 3.63) is 65.4 Å². The normalized spacial score (nSPS) is 11.8. The molecule has 0 atom stereocenters. The SMILES string of the molecule is CN(C)/C=N/S(=O)(=O)c1cc(NC(=O)Cc2ccccc2Cl)ccc1-c1cnn(C(F)F)c1. The van der Waals surface area contributed by atoms with Crippen LogP contribution in [0.2, 0.25) is 5.02 Å². The molecule has 0 saturated heterocycles. The summed E-state index contributed by atoms with van der Waals surface area (Å²) >= 11 is 6.09. The minimum Gasteiger partial charge on any atom is -0.368 e. The largest absolute Gasteiger partial charge is 0.368 e. The maximum atomic E-state index is 13.0. The molecule has 33 heavy (non-hydrogen) atoms. The van der Waals surface area contributed by atoms with Crippen molar-refractivity contribution in [3.63, 3.8) is 0 Å². The van der Waals surface area contributed by atoms with Gasteiger partial charge in [-0.2, -0.15) is 22.3 Å². The molecule has 0 bridgehead atoms. The van der Waals surface area contributed by atoms with Crippen molar-refractivity contribution in [2.24, 2.45) is 4.40 Å². The van der Waals surface area contributed by atoms with E-state index in [1.807, 2.05) is 0 Å². The van der Waals surface area contributed by atoms with Gasteiger partial charge in [0.05, 0.1) is 17.5 Å². The topological polar surface area (TPSA) is 96.7 Å². The number of hydrogen-bond acceptors (Lipinski definition) is 4. The standard InChI is InChI=1S/C21H20ClF2N5O3S/c1-28(2)13-26-33(31,32)19-10-16(27-20(30)9-14-5-3-4-6-18(14)22)7-8-17(19)15-11-25-29(12-15)21(23)24/h3-8,10-13,21H,9H2,1-2H3,(H,27,30)/b26-13+. The Kier molecular flexibility index (Phi) is 7.44. The molecule has 0 saturated carbocycles. The van der Waals surface area contributed by atoms with Gasteiger partial charge >= 0.3 is 6.55 Å². The molecule has 2 aromatic carbocycles. The first-order chi connectivity index (χ1) is 15.6. The predicted molar refractivity (Wildman–Crippen MR) is 122 cm³/mol. The molecule has 0 spiro atoms. The van der Waals surface area contributed by atoms with E-state index in [2.05, 4.69) is 14.8 Å². The third-order valence-corrected chi connectivity index (χ3v) is 6.02. The third kappa shape index (κ3) is 6.14. The van der Waals surface area contributed by atoms with Crippen LogP contribution in [0.3, 0.4) is 0 Å².